The van der Waals surface area contributed by atoms with Crippen molar-refractivity contribution in [3.8, 4) is 6.07 Å². The molecule has 108 valence electrons. The molecule has 1 heterocycles. The van der Waals surface area contributed by atoms with Crippen molar-refractivity contribution in [3.05, 3.63) is 29.3 Å². The number of hydrogen-bond donors (Lipinski definition) is 0. The Hall–Kier alpha value is -1.03. The number of sulfonamides is 1. The van der Waals surface area contributed by atoms with E-state index in [1.54, 1.807) is 23.4 Å². The smallest absolute Gasteiger partial charge is 0.207 e. The average Bonchev–Trinajstić information content (AvgIpc) is 2.37. The standard InChI is InChI=1S/C14H18N2O2S2/c1-10-6-14(5-4-13(10)7-15)20(17,18)16-8-11(2)19-12(3)9-16/h4-6,11-12H,8-9H2,1-3H3. The van der Waals surface area contributed by atoms with E-state index in [1.807, 2.05) is 25.6 Å². The van der Waals surface area contributed by atoms with E-state index in [2.05, 4.69) is 6.07 Å². The van der Waals surface area contributed by atoms with Crippen LogP contribution in [0.5, 0.6) is 0 Å². The van der Waals surface area contributed by atoms with Crippen LogP contribution >= 0.6 is 11.8 Å². The van der Waals surface area contributed by atoms with Crippen LogP contribution in [-0.2, 0) is 10.0 Å². The van der Waals surface area contributed by atoms with Gasteiger partial charge in [-0.1, -0.05) is 13.8 Å². The Kier molecular flexibility index (Phi) is 4.43. The summed E-state index contributed by atoms with van der Waals surface area (Å²) in [6.45, 7) is 6.93. The van der Waals surface area contributed by atoms with Crippen LogP contribution < -0.4 is 0 Å². The molecular formula is C14H18N2O2S2. The zero-order valence-electron chi connectivity index (χ0n) is 11.8. The number of nitrogens with zero attached hydrogens (tertiary/aromatic N) is 2. The third kappa shape index (κ3) is 3.00. The summed E-state index contributed by atoms with van der Waals surface area (Å²) in [5, 5.41) is 9.52. The van der Waals surface area contributed by atoms with E-state index in [4.69, 9.17) is 5.26 Å². The quantitative estimate of drug-likeness (QED) is 0.841. The monoisotopic (exact) mass is 310 g/mol. The lowest BCUT2D eigenvalue weighted by molar-refractivity contribution is 0.405. The summed E-state index contributed by atoms with van der Waals surface area (Å²) in [7, 11) is -3.46. The van der Waals surface area contributed by atoms with Crippen LogP contribution in [0.15, 0.2) is 23.1 Å². The van der Waals surface area contributed by atoms with Crippen LogP contribution in [0.4, 0.5) is 0 Å². The summed E-state index contributed by atoms with van der Waals surface area (Å²) < 4.78 is 26.9. The van der Waals surface area contributed by atoms with E-state index in [-0.39, 0.29) is 4.90 Å². The minimum atomic E-state index is -3.46. The van der Waals surface area contributed by atoms with Gasteiger partial charge in [0.05, 0.1) is 16.5 Å². The van der Waals surface area contributed by atoms with Crippen molar-refractivity contribution in [2.45, 2.75) is 36.2 Å². The maximum absolute atomic E-state index is 12.7. The number of thioether (sulfide) groups is 1. The van der Waals surface area contributed by atoms with Gasteiger partial charge in [-0.15, -0.1) is 0 Å². The summed E-state index contributed by atoms with van der Waals surface area (Å²) in [6, 6.07) is 6.75. The Morgan fingerprint density at radius 3 is 2.40 bits per heavy atom. The highest BCUT2D eigenvalue weighted by molar-refractivity contribution is 8.00. The van der Waals surface area contributed by atoms with Crippen LogP contribution in [0.25, 0.3) is 0 Å². The fraction of sp³-hybridized carbons (Fsp3) is 0.500. The fourth-order valence-electron chi connectivity index (χ4n) is 2.40. The number of benzene rings is 1. The molecule has 2 atom stereocenters. The maximum Gasteiger partial charge on any atom is 0.243 e. The van der Waals surface area contributed by atoms with Crippen molar-refractivity contribution in [3.63, 3.8) is 0 Å². The fourth-order valence-corrected chi connectivity index (χ4v) is 5.62. The molecule has 2 rings (SSSR count). The van der Waals surface area contributed by atoms with Crippen molar-refractivity contribution in [2.24, 2.45) is 0 Å². The second-order valence-electron chi connectivity index (χ2n) is 5.17. The molecule has 1 aromatic rings. The normalized spacial score (nSPS) is 24.3. The van der Waals surface area contributed by atoms with Crippen molar-refractivity contribution in [2.75, 3.05) is 13.1 Å². The minimum Gasteiger partial charge on any atom is -0.207 e. The van der Waals surface area contributed by atoms with Crippen LogP contribution in [0.3, 0.4) is 0 Å². The van der Waals surface area contributed by atoms with E-state index in [0.717, 1.165) is 0 Å². The van der Waals surface area contributed by atoms with Gasteiger partial charge in [0.25, 0.3) is 0 Å². The minimum absolute atomic E-state index is 0.278. The first-order valence-electron chi connectivity index (χ1n) is 6.51. The lowest BCUT2D eigenvalue weighted by Crippen LogP contribution is -2.43. The highest BCUT2D eigenvalue weighted by Crippen LogP contribution is 2.29. The Bertz CT molecular complexity index is 640. The molecule has 1 fully saturated rings. The highest BCUT2D eigenvalue weighted by atomic mass is 32.2. The van der Waals surface area contributed by atoms with Gasteiger partial charge in [0.2, 0.25) is 10.0 Å². The second kappa shape index (κ2) is 5.76. The van der Waals surface area contributed by atoms with Gasteiger partial charge in [-0.25, -0.2) is 8.42 Å². The van der Waals surface area contributed by atoms with Gasteiger partial charge in [0.1, 0.15) is 0 Å². The second-order valence-corrected chi connectivity index (χ2v) is 8.99. The van der Waals surface area contributed by atoms with E-state index in [9.17, 15) is 8.42 Å². The molecule has 0 aliphatic carbocycles. The molecular weight excluding hydrogens is 292 g/mol. The van der Waals surface area contributed by atoms with Gasteiger partial charge in [-0.05, 0) is 30.7 Å². The van der Waals surface area contributed by atoms with Crippen LogP contribution in [0.1, 0.15) is 25.0 Å². The molecule has 20 heavy (non-hydrogen) atoms. The molecule has 0 bridgehead atoms. The van der Waals surface area contributed by atoms with Crippen molar-refractivity contribution >= 4 is 21.8 Å². The van der Waals surface area contributed by atoms with Gasteiger partial charge in [0, 0.05) is 23.6 Å². The first-order valence-corrected chi connectivity index (χ1v) is 8.89. The zero-order chi connectivity index (χ0) is 14.9. The summed E-state index contributed by atoms with van der Waals surface area (Å²) in [6.07, 6.45) is 0. The lowest BCUT2D eigenvalue weighted by atomic mass is 10.1. The predicted molar refractivity (Wildman–Crippen MR) is 81.2 cm³/mol. The Balaban J connectivity index is 2.35. The molecule has 2 unspecified atom stereocenters. The SMILES string of the molecule is Cc1cc(S(=O)(=O)N2CC(C)SC(C)C2)ccc1C#N. The molecule has 0 amide bonds. The molecule has 1 aliphatic rings. The first kappa shape index (κ1) is 15.4. The van der Waals surface area contributed by atoms with Gasteiger partial charge >= 0.3 is 0 Å². The third-order valence-corrected chi connectivity index (χ3v) is 6.40. The van der Waals surface area contributed by atoms with E-state index in [0.29, 0.717) is 34.7 Å². The van der Waals surface area contributed by atoms with E-state index in [1.165, 1.54) is 6.07 Å². The summed E-state index contributed by atoms with van der Waals surface area (Å²) in [4.78, 5) is 0.278. The maximum atomic E-state index is 12.7. The van der Waals surface area contributed by atoms with Crippen molar-refractivity contribution < 1.29 is 8.42 Å². The molecule has 6 heteroatoms. The van der Waals surface area contributed by atoms with E-state index < -0.39 is 10.0 Å². The average molecular weight is 310 g/mol. The summed E-state index contributed by atoms with van der Waals surface area (Å²) in [5.41, 5.74) is 1.21. The predicted octanol–water partition coefficient (Wildman–Crippen LogP) is 2.38. The Morgan fingerprint density at radius 2 is 1.90 bits per heavy atom. The largest absolute Gasteiger partial charge is 0.243 e. The van der Waals surface area contributed by atoms with Gasteiger partial charge in [-0.3, -0.25) is 0 Å². The number of aryl methyl sites for hydroxylation is 1. The zero-order valence-corrected chi connectivity index (χ0v) is 13.5. The summed E-state index contributed by atoms with van der Waals surface area (Å²) in [5.74, 6) is 0. The molecule has 4 nitrogen and oxygen atoms in total. The van der Waals surface area contributed by atoms with Crippen molar-refractivity contribution in [1.82, 2.24) is 4.31 Å². The Labute approximate surface area is 124 Å². The van der Waals surface area contributed by atoms with Gasteiger partial charge < -0.3 is 0 Å². The van der Waals surface area contributed by atoms with Crippen LogP contribution in [0, 0.1) is 18.3 Å². The number of hydrogen-bond acceptors (Lipinski definition) is 4. The molecule has 0 radical (unpaired) electrons. The lowest BCUT2D eigenvalue weighted by Gasteiger charge is -2.33. The molecule has 0 N–H and O–H groups in total. The molecule has 1 aliphatic heterocycles. The molecule has 1 aromatic carbocycles. The van der Waals surface area contributed by atoms with E-state index >= 15 is 0 Å². The van der Waals surface area contributed by atoms with Crippen LogP contribution in [0.2, 0.25) is 0 Å². The topological polar surface area (TPSA) is 61.2 Å². The van der Waals surface area contributed by atoms with Gasteiger partial charge in [0.15, 0.2) is 0 Å². The third-order valence-electron chi connectivity index (χ3n) is 3.34. The molecule has 0 spiro atoms. The summed E-state index contributed by atoms with van der Waals surface area (Å²) >= 11 is 1.82. The Morgan fingerprint density at radius 1 is 1.30 bits per heavy atom. The van der Waals surface area contributed by atoms with Crippen LogP contribution in [-0.4, -0.2) is 36.3 Å². The number of nitriles is 1. The van der Waals surface area contributed by atoms with Gasteiger partial charge in [-0.2, -0.15) is 21.3 Å². The molecule has 1 saturated heterocycles. The first-order chi connectivity index (χ1) is 9.34. The molecule has 0 saturated carbocycles. The highest BCUT2D eigenvalue weighted by Gasteiger charge is 2.32. The molecule has 0 aromatic heterocycles. The number of rotatable bonds is 2. The van der Waals surface area contributed by atoms with Crippen molar-refractivity contribution in [1.29, 1.82) is 5.26 Å².